The van der Waals surface area contributed by atoms with Crippen molar-refractivity contribution < 1.29 is 14.7 Å². The van der Waals surface area contributed by atoms with E-state index in [2.05, 4.69) is 0 Å². The Hall–Kier alpha value is -1.26. The normalized spacial score (nSPS) is 20.5. The number of carbonyl (C=O) groups excluding carboxylic acids is 1. The van der Waals surface area contributed by atoms with Gasteiger partial charge in [0.25, 0.3) is 0 Å². The molecule has 1 saturated heterocycles. The van der Waals surface area contributed by atoms with E-state index in [9.17, 15) is 9.59 Å². The van der Waals surface area contributed by atoms with Gasteiger partial charge in [0.05, 0.1) is 5.92 Å². The van der Waals surface area contributed by atoms with Crippen molar-refractivity contribution >= 4 is 12.0 Å². The molecule has 0 bridgehead atoms. The summed E-state index contributed by atoms with van der Waals surface area (Å²) in [6, 6.07) is 0.117. The summed E-state index contributed by atoms with van der Waals surface area (Å²) in [7, 11) is 0. The molecule has 1 aliphatic rings. The van der Waals surface area contributed by atoms with Crippen molar-refractivity contribution in [2.75, 3.05) is 19.6 Å². The zero-order chi connectivity index (χ0) is 13.0. The minimum Gasteiger partial charge on any atom is -0.481 e. The zero-order valence-electron chi connectivity index (χ0n) is 10.8. The number of carboxylic acid groups (broad SMARTS) is 1. The Labute approximate surface area is 102 Å². The van der Waals surface area contributed by atoms with Crippen molar-refractivity contribution in [3.05, 3.63) is 0 Å². The van der Waals surface area contributed by atoms with Crippen LogP contribution in [-0.2, 0) is 4.79 Å². The number of hydrogen-bond acceptors (Lipinski definition) is 2. The van der Waals surface area contributed by atoms with E-state index in [-0.39, 0.29) is 12.1 Å². The molecule has 1 fully saturated rings. The molecule has 0 aromatic carbocycles. The SMILES string of the molecule is CCN(C(=O)N1CCCC(C(=O)O)C1)C(C)C. The predicted octanol–water partition coefficient (Wildman–Crippen LogP) is 1.63. The lowest BCUT2D eigenvalue weighted by Crippen LogP contribution is -2.50. The summed E-state index contributed by atoms with van der Waals surface area (Å²) in [6.07, 6.45) is 1.45. The largest absolute Gasteiger partial charge is 0.481 e. The van der Waals surface area contributed by atoms with E-state index in [0.29, 0.717) is 26.1 Å². The monoisotopic (exact) mass is 242 g/mol. The fourth-order valence-corrected chi connectivity index (χ4v) is 2.26. The molecule has 98 valence electrons. The minimum absolute atomic E-state index is 0.0338. The van der Waals surface area contributed by atoms with Gasteiger partial charge in [-0.3, -0.25) is 4.79 Å². The molecule has 17 heavy (non-hydrogen) atoms. The van der Waals surface area contributed by atoms with Crippen LogP contribution in [0, 0.1) is 5.92 Å². The Morgan fingerprint density at radius 3 is 2.59 bits per heavy atom. The molecule has 2 amide bonds. The van der Waals surface area contributed by atoms with Gasteiger partial charge in [0.15, 0.2) is 0 Å². The number of carbonyl (C=O) groups is 2. The molecule has 1 atom stereocenters. The molecule has 0 radical (unpaired) electrons. The van der Waals surface area contributed by atoms with E-state index in [4.69, 9.17) is 5.11 Å². The second kappa shape index (κ2) is 5.89. The van der Waals surface area contributed by atoms with Gasteiger partial charge in [-0.1, -0.05) is 0 Å². The predicted molar refractivity (Wildman–Crippen MR) is 64.8 cm³/mol. The summed E-state index contributed by atoms with van der Waals surface area (Å²) in [5.41, 5.74) is 0. The highest BCUT2D eigenvalue weighted by Gasteiger charge is 2.30. The molecule has 0 aromatic rings. The average molecular weight is 242 g/mol. The van der Waals surface area contributed by atoms with E-state index in [1.165, 1.54) is 0 Å². The Balaban J connectivity index is 2.65. The highest BCUT2D eigenvalue weighted by molar-refractivity contribution is 5.77. The summed E-state index contributed by atoms with van der Waals surface area (Å²) in [4.78, 5) is 26.6. The second-order valence-electron chi connectivity index (χ2n) is 4.79. The van der Waals surface area contributed by atoms with Crippen LogP contribution >= 0.6 is 0 Å². The summed E-state index contributed by atoms with van der Waals surface area (Å²) in [5.74, 6) is -1.20. The van der Waals surface area contributed by atoms with Gasteiger partial charge in [-0.05, 0) is 33.6 Å². The third-order valence-electron chi connectivity index (χ3n) is 3.25. The fraction of sp³-hybridized carbons (Fsp3) is 0.833. The maximum absolute atomic E-state index is 12.2. The van der Waals surface area contributed by atoms with Gasteiger partial charge in [-0.25, -0.2) is 4.79 Å². The quantitative estimate of drug-likeness (QED) is 0.818. The van der Waals surface area contributed by atoms with Crippen LogP contribution in [0.5, 0.6) is 0 Å². The Morgan fingerprint density at radius 1 is 1.47 bits per heavy atom. The smallest absolute Gasteiger partial charge is 0.320 e. The summed E-state index contributed by atoms with van der Waals surface area (Å²) in [6.45, 7) is 7.56. The maximum Gasteiger partial charge on any atom is 0.320 e. The standard InChI is InChI=1S/C12H22N2O3/c1-4-14(9(2)3)12(17)13-7-5-6-10(8-13)11(15)16/h9-10H,4-8H2,1-3H3,(H,15,16). The maximum atomic E-state index is 12.2. The Kier molecular flexibility index (Phi) is 4.78. The van der Waals surface area contributed by atoms with Crippen LogP contribution in [0.15, 0.2) is 0 Å². The van der Waals surface area contributed by atoms with Crippen LogP contribution in [0.3, 0.4) is 0 Å². The van der Waals surface area contributed by atoms with Crippen molar-refractivity contribution in [3.63, 3.8) is 0 Å². The number of aliphatic carboxylic acids is 1. The van der Waals surface area contributed by atoms with E-state index in [0.717, 1.165) is 6.42 Å². The van der Waals surface area contributed by atoms with E-state index >= 15 is 0 Å². The van der Waals surface area contributed by atoms with E-state index in [1.54, 1.807) is 9.80 Å². The average Bonchev–Trinajstić information content (AvgIpc) is 2.29. The van der Waals surface area contributed by atoms with Gasteiger partial charge in [0, 0.05) is 25.7 Å². The number of piperidine rings is 1. The van der Waals surface area contributed by atoms with Crippen molar-refractivity contribution in [3.8, 4) is 0 Å². The van der Waals surface area contributed by atoms with Gasteiger partial charge in [0.1, 0.15) is 0 Å². The van der Waals surface area contributed by atoms with Crippen LogP contribution in [0.25, 0.3) is 0 Å². The van der Waals surface area contributed by atoms with Gasteiger partial charge in [-0.15, -0.1) is 0 Å². The molecule has 0 saturated carbocycles. The first-order valence-corrected chi connectivity index (χ1v) is 6.25. The molecule has 0 spiro atoms. The lowest BCUT2D eigenvalue weighted by Gasteiger charge is -2.36. The molecule has 1 unspecified atom stereocenters. The number of rotatable bonds is 3. The van der Waals surface area contributed by atoms with Crippen LogP contribution in [0.1, 0.15) is 33.6 Å². The molecule has 5 nitrogen and oxygen atoms in total. The van der Waals surface area contributed by atoms with Crippen LogP contribution < -0.4 is 0 Å². The highest BCUT2D eigenvalue weighted by Crippen LogP contribution is 2.18. The third kappa shape index (κ3) is 3.35. The minimum atomic E-state index is -0.796. The van der Waals surface area contributed by atoms with Crippen molar-refractivity contribution in [2.24, 2.45) is 5.92 Å². The molecule has 1 rings (SSSR count). The molecule has 0 aromatic heterocycles. The molecule has 1 aliphatic heterocycles. The second-order valence-corrected chi connectivity index (χ2v) is 4.79. The summed E-state index contributed by atoms with van der Waals surface area (Å²) in [5, 5.41) is 8.99. The Morgan fingerprint density at radius 2 is 2.12 bits per heavy atom. The molecule has 1 heterocycles. The van der Waals surface area contributed by atoms with E-state index < -0.39 is 11.9 Å². The summed E-state index contributed by atoms with van der Waals surface area (Å²) >= 11 is 0. The molecule has 1 N–H and O–H groups in total. The first kappa shape index (κ1) is 13.8. The Bertz CT molecular complexity index is 291. The van der Waals surface area contributed by atoms with Crippen LogP contribution in [0.2, 0.25) is 0 Å². The van der Waals surface area contributed by atoms with Crippen molar-refractivity contribution in [1.82, 2.24) is 9.80 Å². The number of hydrogen-bond donors (Lipinski definition) is 1. The van der Waals surface area contributed by atoms with Gasteiger partial charge in [-0.2, -0.15) is 0 Å². The van der Waals surface area contributed by atoms with Crippen molar-refractivity contribution in [1.29, 1.82) is 0 Å². The highest BCUT2D eigenvalue weighted by atomic mass is 16.4. The first-order valence-electron chi connectivity index (χ1n) is 6.25. The fourth-order valence-electron chi connectivity index (χ4n) is 2.26. The molecular weight excluding hydrogens is 220 g/mol. The molecular formula is C12H22N2O3. The number of carboxylic acids is 1. The van der Waals surface area contributed by atoms with Crippen molar-refractivity contribution in [2.45, 2.75) is 39.7 Å². The number of likely N-dealkylation sites (tertiary alicyclic amines) is 1. The summed E-state index contributed by atoms with van der Waals surface area (Å²) < 4.78 is 0. The van der Waals surface area contributed by atoms with Gasteiger partial charge < -0.3 is 14.9 Å². The first-order chi connectivity index (χ1) is 7.97. The molecule has 5 heteroatoms. The van der Waals surface area contributed by atoms with Crippen LogP contribution in [-0.4, -0.2) is 52.6 Å². The number of nitrogens with zero attached hydrogens (tertiary/aromatic N) is 2. The van der Waals surface area contributed by atoms with E-state index in [1.807, 2.05) is 20.8 Å². The lowest BCUT2D eigenvalue weighted by molar-refractivity contribution is -0.143. The van der Waals surface area contributed by atoms with Gasteiger partial charge >= 0.3 is 12.0 Å². The zero-order valence-corrected chi connectivity index (χ0v) is 10.8. The number of amides is 2. The third-order valence-corrected chi connectivity index (χ3v) is 3.25. The topological polar surface area (TPSA) is 60.9 Å². The lowest BCUT2D eigenvalue weighted by atomic mass is 9.98. The number of urea groups is 1. The molecule has 0 aliphatic carbocycles. The van der Waals surface area contributed by atoms with Crippen LogP contribution in [0.4, 0.5) is 4.79 Å². The van der Waals surface area contributed by atoms with Gasteiger partial charge in [0.2, 0.25) is 0 Å².